The van der Waals surface area contributed by atoms with Crippen molar-refractivity contribution in [3.05, 3.63) is 0 Å². The van der Waals surface area contributed by atoms with Gasteiger partial charge < -0.3 is 15.9 Å². The van der Waals surface area contributed by atoms with E-state index in [1.54, 1.807) is 0 Å². The van der Waals surface area contributed by atoms with Gasteiger partial charge in [-0.15, -0.1) is 0 Å². The molecule has 0 saturated carbocycles. The van der Waals surface area contributed by atoms with Gasteiger partial charge in [-0.1, -0.05) is 0 Å². The first kappa shape index (κ1) is 17.8. The minimum atomic E-state index is -4.90. The summed E-state index contributed by atoms with van der Waals surface area (Å²) >= 11 is 0. The Balaban J connectivity index is 4.35. The summed E-state index contributed by atoms with van der Waals surface area (Å²) in [5, 5.41) is 17.0. The maximum atomic E-state index is 11.9. The highest BCUT2D eigenvalue weighted by atomic mass is 32.2. The Hall–Kier alpha value is -1.20. The van der Waals surface area contributed by atoms with Crippen LogP contribution < -0.4 is 5.73 Å². The minimum Gasteiger partial charge on any atom is -0.480 e. The third-order valence-corrected chi connectivity index (χ3v) is 3.16. The van der Waals surface area contributed by atoms with E-state index in [1.807, 2.05) is 0 Å². The monoisotopic (exact) mass is 306 g/mol. The second-order valence-corrected chi connectivity index (χ2v) is 5.38. The largest absolute Gasteiger partial charge is 0.480 e. The van der Waals surface area contributed by atoms with Gasteiger partial charge in [-0.05, 0) is 6.42 Å². The van der Waals surface area contributed by atoms with Gasteiger partial charge in [0.2, 0.25) is 0 Å². The summed E-state index contributed by atoms with van der Waals surface area (Å²) in [6.07, 6.45) is -8.37. The molecular formula is C8H13F3N2O5S. The predicted octanol–water partition coefficient (Wildman–Crippen LogP) is -0.498. The molecule has 0 bridgehead atoms. The number of carboxylic acid groups (broad SMARTS) is 1. The van der Waals surface area contributed by atoms with Gasteiger partial charge in [-0.3, -0.25) is 4.79 Å². The number of halogens is 3. The predicted molar refractivity (Wildman–Crippen MR) is 59.2 cm³/mol. The number of aliphatic hydroxyl groups excluding tert-OH is 1. The van der Waals surface area contributed by atoms with Crippen molar-refractivity contribution < 1.29 is 36.6 Å². The normalized spacial score (nSPS) is 16.5. The van der Waals surface area contributed by atoms with Crippen molar-refractivity contribution in [2.45, 2.75) is 31.2 Å². The lowest BCUT2D eigenvalue weighted by Crippen LogP contribution is -2.31. The number of nitrogens with two attached hydrogens (primary N) is 1. The highest BCUT2D eigenvalue weighted by molar-refractivity contribution is 7.90. The van der Waals surface area contributed by atoms with E-state index in [4.69, 9.17) is 15.9 Å². The highest BCUT2D eigenvalue weighted by Crippen LogP contribution is 2.22. The summed E-state index contributed by atoms with van der Waals surface area (Å²) in [7, 11) is -4.20. The first-order valence-corrected chi connectivity index (χ1v) is 6.56. The van der Waals surface area contributed by atoms with Crippen LogP contribution in [0.3, 0.4) is 0 Å². The Kier molecular flexibility index (Phi) is 6.39. The lowest BCUT2D eigenvalue weighted by Gasteiger charge is -2.13. The van der Waals surface area contributed by atoms with Crippen molar-refractivity contribution in [1.82, 2.24) is 0 Å². The molecule has 0 aromatic carbocycles. The maximum Gasteiger partial charge on any atom is 0.414 e. The molecule has 0 spiro atoms. The molecule has 0 fully saturated rings. The molecule has 0 radical (unpaired) electrons. The molecule has 2 unspecified atom stereocenters. The van der Waals surface area contributed by atoms with E-state index >= 15 is 0 Å². The van der Waals surface area contributed by atoms with Crippen LogP contribution in [0.1, 0.15) is 12.8 Å². The van der Waals surface area contributed by atoms with Gasteiger partial charge in [0.1, 0.15) is 6.04 Å². The molecule has 0 aromatic heterocycles. The van der Waals surface area contributed by atoms with Crippen LogP contribution in [0.25, 0.3) is 0 Å². The van der Waals surface area contributed by atoms with Crippen LogP contribution in [-0.2, 0) is 14.8 Å². The maximum absolute atomic E-state index is 11.9. The van der Waals surface area contributed by atoms with Gasteiger partial charge in [0.05, 0.1) is 5.75 Å². The third kappa shape index (κ3) is 7.74. The van der Waals surface area contributed by atoms with Crippen LogP contribution in [0, 0.1) is 0 Å². The summed E-state index contributed by atoms with van der Waals surface area (Å²) < 4.78 is 61.0. The molecular weight excluding hydrogens is 293 g/mol. The lowest BCUT2D eigenvalue weighted by atomic mass is 10.2. The summed E-state index contributed by atoms with van der Waals surface area (Å²) in [5.74, 6) is -2.37. The van der Waals surface area contributed by atoms with Gasteiger partial charge in [-0.2, -0.15) is 17.6 Å². The smallest absolute Gasteiger partial charge is 0.414 e. The van der Waals surface area contributed by atoms with Crippen molar-refractivity contribution >= 4 is 22.2 Å². The Bertz CT molecular complexity index is 434. The summed E-state index contributed by atoms with van der Waals surface area (Å²) in [6.45, 7) is 0. The second-order valence-electron chi connectivity index (χ2n) is 3.60. The van der Waals surface area contributed by atoms with E-state index in [0.717, 1.165) is 0 Å². The fourth-order valence-corrected chi connectivity index (χ4v) is 1.79. The van der Waals surface area contributed by atoms with E-state index in [-0.39, 0.29) is 6.42 Å². The first-order chi connectivity index (χ1) is 8.46. The lowest BCUT2D eigenvalue weighted by molar-refractivity contribution is -0.203. The Morgan fingerprint density at radius 2 is 1.95 bits per heavy atom. The van der Waals surface area contributed by atoms with Crippen LogP contribution in [0.4, 0.5) is 13.2 Å². The molecule has 0 aliphatic rings. The fourth-order valence-electron chi connectivity index (χ4n) is 0.848. The number of rotatable bonds is 7. The molecule has 0 rings (SSSR count). The van der Waals surface area contributed by atoms with Gasteiger partial charge in [-0.25, -0.2) is 8.42 Å². The molecule has 4 N–H and O–H groups in total. The molecule has 0 aromatic rings. The van der Waals surface area contributed by atoms with E-state index in [2.05, 4.69) is 4.40 Å². The van der Waals surface area contributed by atoms with Gasteiger partial charge in [0.15, 0.2) is 6.10 Å². The number of sulfonamides is 1. The third-order valence-electron chi connectivity index (χ3n) is 1.94. The second kappa shape index (κ2) is 6.82. The zero-order valence-electron chi connectivity index (χ0n) is 9.54. The number of hydrogen-bond donors (Lipinski definition) is 3. The molecule has 0 amide bonds. The average molecular weight is 306 g/mol. The number of carbonyl (C=O) groups is 1. The Morgan fingerprint density at radius 1 is 1.42 bits per heavy atom. The minimum absolute atomic E-state index is 0.379. The van der Waals surface area contributed by atoms with Crippen LogP contribution >= 0.6 is 0 Å². The number of aliphatic hydroxyl groups is 1. The number of nitrogens with zero attached hydrogens (tertiary/aromatic N) is 1. The molecule has 2 atom stereocenters. The SMILES string of the molecule is NC(C/C=N/S(=O)(=O)CCC(O)C(F)(F)F)C(=O)O. The van der Waals surface area contributed by atoms with Crippen molar-refractivity contribution in [3.8, 4) is 0 Å². The van der Waals surface area contributed by atoms with E-state index in [9.17, 15) is 26.4 Å². The number of aliphatic carboxylic acids is 1. The highest BCUT2D eigenvalue weighted by Gasteiger charge is 2.38. The molecule has 0 aliphatic heterocycles. The van der Waals surface area contributed by atoms with Crippen LogP contribution in [-0.4, -0.2) is 54.9 Å². The molecule has 0 aliphatic carbocycles. The zero-order chi connectivity index (χ0) is 15.3. The quantitative estimate of drug-likeness (QED) is 0.544. The Labute approximate surface area is 107 Å². The number of carboxylic acids is 1. The van der Waals surface area contributed by atoms with E-state index in [0.29, 0.717) is 6.21 Å². The van der Waals surface area contributed by atoms with Crippen LogP contribution in [0.2, 0.25) is 0 Å². The van der Waals surface area contributed by atoms with Crippen molar-refractivity contribution in [2.75, 3.05) is 5.75 Å². The molecule has 0 heterocycles. The van der Waals surface area contributed by atoms with Gasteiger partial charge in [0.25, 0.3) is 10.0 Å². The molecule has 7 nitrogen and oxygen atoms in total. The van der Waals surface area contributed by atoms with Crippen molar-refractivity contribution in [1.29, 1.82) is 0 Å². The van der Waals surface area contributed by atoms with E-state index < -0.39 is 46.5 Å². The molecule has 0 saturated heterocycles. The Morgan fingerprint density at radius 3 is 2.37 bits per heavy atom. The van der Waals surface area contributed by atoms with Gasteiger partial charge in [0, 0.05) is 12.6 Å². The molecule has 112 valence electrons. The van der Waals surface area contributed by atoms with Gasteiger partial charge >= 0.3 is 12.1 Å². The first-order valence-electron chi connectivity index (χ1n) is 4.95. The van der Waals surface area contributed by atoms with Crippen LogP contribution in [0.5, 0.6) is 0 Å². The summed E-state index contributed by atoms with van der Waals surface area (Å²) in [4.78, 5) is 10.3. The van der Waals surface area contributed by atoms with Crippen molar-refractivity contribution in [3.63, 3.8) is 0 Å². The molecule has 19 heavy (non-hydrogen) atoms. The fraction of sp³-hybridized carbons (Fsp3) is 0.750. The average Bonchev–Trinajstić information content (AvgIpc) is 2.24. The van der Waals surface area contributed by atoms with Crippen LogP contribution in [0.15, 0.2) is 4.40 Å². The van der Waals surface area contributed by atoms with Crippen molar-refractivity contribution in [2.24, 2.45) is 10.1 Å². The summed E-state index contributed by atoms with van der Waals surface area (Å²) in [6, 6.07) is -1.35. The molecule has 11 heteroatoms. The number of hydrogen-bond acceptors (Lipinski definition) is 5. The summed E-state index contributed by atoms with van der Waals surface area (Å²) in [5.41, 5.74) is 5.05. The zero-order valence-corrected chi connectivity index (χ0v) is 10.4. The topological polar surface area (TPSA) is 130 Å². The number of alkyl halides is 3. The standard InChI is InChI=1S/C8H13F3N2O5S/c9-8(10,11)6(14)2-4-19(17,18)13-3-1-5(12)7(15)16/h3,5-6,14H,1-2,4,12H2,(H,15,16)/b13-3+. The van der Waals surface area contributed by atoms with E-state index in [1.165, 1.54) is 0 Å².